The standard InChI is InChI=1S/C19H24FN3O3/c20-16-10-13(6-7-17(24)25)11-21-18(16)22-15-8-9-23(12-15)19(26)14-4-2-1-3-5-14/h6-7,10-11,14-15H,1-5,8-9,12H2,(H,21,22)(H,24,25)/b7-6+/t15-/m1/s1. The first-order valence-corrected chi connectivity index (χ1v) is 9.15. The Kier molecular flexibility index (Phi) is 5.85. The summed E-state index contributed by atoms with van der Waals surface area (Å²) >= 11 is 0. The highest BCUT2D eigenvalue weighted by Crippen LogP contribution is 2.27. The molecule has 1 aliphatic heterocycles. The van der Waals surface area contributed by atoms with Gasteiger partial charge in [0.05, 0.1) is 0 Å². The van der Waals surface area contributed by atoms with Gasteiger partial charge in [0.1, 0.15) is 0 Å². The number of halogens is 1. The predicted octanol–water partition coefficient (Wildman–Crippen LogP) is 2.91. The fourth-order valence-electron chi connectivity index (χ4n) is 3.70. The molecule has 1 aromatic rings. The lowest BCUT2D eigenvalue weighted by atomic mass is 9.88. The lowest BCUT2D eigenvalue weighted by molar-refractivity contribution is -0.135. The van der Waals surface area contributed by atoms with E-state index in [1.165, 1.54) is 24.8 Å². The Morgan fingerprint density at radius 3 is 2.73 bits per heavy atom. The van der Waals surface area contributed by atoms with Crippen LogP contribution >= 0.6 is 0 Å². The summed E-state index contributed by atoms with van der Waals surface area (Å²) in [5.41, 5.74) is 0.385. The van der Waals surface area contributed by atoms with E-state index in [-0.39, 0.29) is 23.7 Å². The second-order valence-electron chi connectivity index (χ2n) is 7.02. The zero-order valence-corrected chi connectivity index (χ0v) is 14.7. The number of aromatic nitrogens is 1. The van der Waals surface area contributed by atoms with Gasteiger partial charge in [-0.15, -0.1) is 0 Å². The van der Waals surface area contributed by atoms with Gasteiger partial charge in [0.15, 0.2) is 11.6 Å². The van der Waals surface area contributed by atoms with Crippen LogP contribution < -0.4 is 5.32 Å². The number of anilines is 1. The number of nitrogens with one attached hydrogen (secondary N) is 1. The molecule has 140 valence electrons. The molecule has 1 saturated heterocycles. The Balaban J connectivity index is 1.56. The van der Waals surface area contributed by atoms with E-state index in [4.69, 9.17) is 5.11 Å². The molecular weight excluding hydrogens is 337 g/mol. The summed E-state index contributed by atoms with van der Waals surface area (Å²) in [4.78, 5) is 29.0. The number of pyridine rings is 1. The molecule has 2 heterocycles. The van der Waals surface area contributed by atoms with Gasteiger partial charge in [-0.1, -0.05) is 19.3 Å². The van der Waals surface area contributed by atoms with Crippen LogP contribution in [0.3, 0.4) is 0 Å². The summed E-state index contributed by atoms with van der Waals surface area (Å²) in [6.07, 6.45) is 9.86. The highest BCUT2D eigenvalue weighted by atomic mass is 19.1. The zero-order valence-electron chi connectivity index (χ0n) is 14.7. The second-order valence-corrected chi connectivity index (χ2v) is 7.02. The van der Waals surface area contributed by atoms with E-state index in [0.717, 1.165) is 38.2 Å². The number of carboxylic acid groups (broad SMARTS) is 1. The van der Waals surface area contributed by atoms with Gasteiger partial charge in [-0.2, -0.15) is 0 Å². The maximum Gasteiger partial charge on any atom is 0.328 e. The van der Waals surface area contributed by atoms with Crippen molar-refractivity contribution in [1.82, 2.24) is 9.88 Å². The van der Waals surface area contributed by atoms with Crippen molar-refractivity contribution in [1.29, 1.82) is 0 Å². The van der Waals surface area contributed by atoms with Gasteiger partial charge >= 0.3 is 5.97 Å². The van der Waals surface area contributed by atoms with Gasteiger partial charge < -0.3 is 15.3 Å². The fraction of sp³-hybridized carbons (Fsp3) is 0.526. The molecule has 0 spiro atoms. The summed E-state index contributed by atoms with van der Waals surface area (Å²) in [5, 5.41) is 11.7. The van der Waals surface area contributed by atoms with Gasteiger partial charge in [0.25, 0.3) is 0 Å². The van der Waals surface area contributed by atoms with E-state index >= 15 is 0 Å². The van der Waals surface area contributed by atoms with E-state index in [1.807, 2.05) is 4.90 Å². The lowest BCUT2D eigenvalue weighted by Gasteiger charge is -2.26. The number of carbonyl (C=O) groups is 2. The van der Waals surface area contributed by atoms with E-state index in [1.54, 1.807) is 0 Å². The number of amides is 1. The minimum absolute atomic E-state index is 0.0232. The van der Waals surface area contributed by atoms with Crippen molar-refractivity contribution in [2.45, 2.75) is 44.6 Å². The second kappa shape index (κ2) is 8.29. The third kappa shape index (κ3) is 4.59. The molecule has 26 heavy (non-hydrogen) atoms. The zero-order chi connectivity index (χ0) is 18.5. The van der Waals surface area contributed by atoms with Crippen molar-refractivity contribution in [3.63, 3.8) is 0 Å². The minimum Gasteiger partial charge on any atom is -0.478 e. The first-order valence-electron chi connectivity index (χ1n) is 9.15. The molecule has 2 N–H and O–H groups in total. The molecule has 6 nitrogen and oxygen atoms in total. The Morgan fingerprint density at radius 2 is 2.04 bits per heavy atom. The van der Waals surface area contributed by atoms with E-state index in [0.29, 0.717) is 18.7 Å². The van der Waals surface area contributed by atoms with Crippen LogP contribution in [0.15, 0.2) is 18.3 Å². The average Bonchev–Trinajstić information content (AvgIpc) is 3.10. The molecule has 3 rings (SSSR count). The number of carboxylic acids is 1. The number of carbonyl (C=O) groups excluding carboxylic acids is 1. The maximum absolute atomic E-state index is 14.2. The van der Waals surface area contributed by atoms with Crippen molar-refractivity contribution >= 4 is 23.8 Å². The monoisotopic (exact) mass is 361 g/mol. The molecule has 2 fully saturated rings. The van der Waals surface area contributed by atoms with E-state index < -0.39 is 11.8 Å². The smallest absolute Gasteiger partial charge is 0.328 e. The van der Waals surface area contributed by atoms with Gasteiger partial charge in [0, 0.05) is 37.3 Å². The molecule has 1 aliphatic carbocycles. The molecule has 1 aromatic heterocycles. The van der Waals surface area contributed by atoms with Crippen molar-refractivity contribution < 1.29 is 19.1 Å². The van der Waals surface area contributed by atoms with Crippen LogP contribution in [-0.4, -0.2) is 46.0 Å². The summed E-state index contributed by atoms with van der Waals surface area (Å²) < 4.78 is 14.2. The van der Waals surface area contributed by atoms with Gasteiger partial charge in [-0.25, -0.2) is 14.2 Å². The third-order valence-electron chi connectivity index (χ3n) is 5.08. The molecule has 1 saturated carbocycles. The highest BCUT2D eigenvalue weighted by Gasteiger charge is 2.31. The van der Waals surface area contributed by atoms with Crippen molar-refractivity contribution in [2.75, 3.05) is 18.4 Å². The molecule has 7 heteroatoms. The Morgan fingerprint density at radius 1 is 1.27 bits per heavy atom. The van der Waals surface area contributed by atoms with Crippen molar-refractivity contribution in [3.05, 3.63) is 29.7 Å². The number of nitrogens with zero attached hydrogens (tertiary/aromatic N) is 2. The molecule has 1 atom stereocenters. The predicted molar refractivity (Wildman–Crippen MR) is 96.0 cm³/mol. The Hall–Kier alpha value is -2.44. The molecule has 0 aromatic carbocycles. The average molecular weight is 361 g/mol. The normalized spacial score (nSPS) is 21.3. The topological polar surface area (TPSA) is 82.5 Å². The Bertz CT molecular complexity index is 701. The number of rotatable bonds is 5. The minimum atomic E-state index is -1.10. The van der Waals surface area contributed by atoms with Crippen LogP contribution in [0.5, 0.6) is 0 Å². The summed E-state index contributed by atoms with van der Waals surface area (Å²) in [5.74, 6) is -1.11. The van der Waals surface area contributed by atoms with Crippen LogP contribution in [0.2, 0.25) is 0 Å². The number of hydrogen-bond donors (Lipinski definition) is 2. The first kappa shape index (κ1) is 18.4. The number of hydrogen-bond acceptors (Lipinski definition) is 4. The number of aliphatic carboxylic acids is 1. The third-order valence-corrected chi connectivity index (χ3v) is 5.08. The van der Waals surface area contributed by atoms with E-state index in [2.05, 4.69) is 10.3 Å². The molecule has 1 amide bonds. The summed E-state index contributed by atoms with van der Waals surface area (Å²) in [6, 6.07) is 1.22. The van der Waals surface area contributed by atoms with Gasteiger partial charge in [-0.05, 0) is 37.0 Å². The SMILES string of the molecule is O=C(O)/C=C/c1cnc(N[C@@H]2CCN(C(=O)C3CCCCC3)C2)c(F)c1. The maximum atomic E-state index is 14.2. The summed E-state index contributed by atoms with van der Waals surface area (Å²) in [7, 11) is 0. The van der Waals surface area contributed by atoms with Crippen LogP contribution in [0.1, 0.15) is 44.1 Å². The van der Waals surface area contributed by atoms with Crippen molar-refractivity contribution in [2.24, 2.45) is 5.92 Å². The summed E-state index contributed by atoms with van der Waals surface area (Å²) in [6.45, 7) is 1.26. The highest BCUT2D eigenvalue weighted by molar-refractivity contribution is 5.85. The lowest BCUT2D eigenvalue weighted by Crippen LogP contribution is -2.37. The van der Waals surface area contributed by atoms with Gasteiger partial charge in [-0.3, -0.25) is 4.79 Å². The number of likely N-dealkylation sites (tertiary alicyclic amines) is 1. The van der Waals surface area contributed by atoms with Crippen LogP contribution in [0.4, 0.5) is 10.2 Å². The van der Waals surface area contributed by atoms with E-state index in [9.17, 15) is 14.0 Å². The van der Waals surface area contributed by atoms with Crippen LogP contribution in [0, 0.1) is 11.7 Å². The van der Waals surface area contributed by atoms with Gasteiger partial charge in [0.2, 0.25) is 5.91 Å². The Labute approximate surface area is 152 Å². The van der Waals surface area contributed by atoms with Crippen LogP contribution in [-0.2, 0) is 9.59 Å². The fourth-order valence-corrected chi connectivity index (χ4v) is 3.70. The molecular formula is C19H24FN3O3. The molecule has 2 aliphatic rings. The quantitative estimate of drug-likeness (QED) is 0.788. The first-order chi connectivity index (χ1) is 12.5. The molecule has 0 bridgehead atoms. The van der Waals surface area contributed by atoms with Crippen molar-refractivity contribution in [3.8, 4) is 0 Å². The molecule has 0 unspecified atom stereocenters. The largest absolute Gasteiger partial charge is 0.478 e. The van der Waals surface area contributed by atoms with Crippen LogP contribution in [0.25, 0.3) is 6.08 Å². The molecule has 0 radical (unpaired) electrons.